The summed E-state index contributed by atoms with van der Waals surface area (Å²) in [5.41, 5.74) is 1.37. The second-order valence-electron chi connectivity index (χ2n) is 5.71. The van der Waals surface area contributed by atoms with Gasteiger partial charge in [-0.1, -0.05) is 11.3 Å². The summed E-state index contributed by atoms with van der Waals surface area (Å²) >= 11 is 1.39. The molecular weight excluding hydrogens is 354 g/mol. The largest absolute Gasteiger partial charge is 0.472 e. The van der Waals surface area contributed by atoms with E-state index < -0.39 is 0 Å². The van der Waals surface area contributed by atoms with Gasteiger partial charge in [-0.15, -0.1) is 0 Å². The minimum atomic E-state index is -0.265. The van der Waals surface area contributed by atoms with Crippen LogP contribution in [0, 0.1) is 0 Å². The first-order valence-corrected chi connectivity index (χ1v) is 8.83. The number of carbonyl (C=O) groups is 2. The average molecular weight is 369 g/mol. The van der Waals surface area contributed by atoms with Gasteiger partial charge in [-0.25, -0.2) is 4.98 Å². The number of fused-ring (bicyclic) bond motifs is 1. The Morgan fingerprint density at radius 1 is 1.31 bits per heavy atom. The van der Waals surface area contributed by atoms with Crippen LogP contribution in [0.1, 0.15) is 26.7 Å². The van der Waals surface area contributed by atoms with Crippen LogP contribution in [0.3, 0.4) is 0 Å². The van der Waals surface area contributed by atoms with Gasteiger partial charge in [0.1, 0.15) is 12.0 Å². The number of nitrogens with one attached hydrogen (secondary N) is 1. The molecule has 0 fully saturated rings. The molecule has 132 valence electrons. The molecule has 0 bridgehead atoms. The Kier molecular flexibility index (Phi) is 4.40. The summed E-state index contributed by atoms with van der Waals surface area (Å²) in [6.07, 6.45) is 8.21. The van der Waals surface area contributed by atoms with E-state index in [2.05, 4.69) is 10.3 Å². The molecule has 0 atom stereocenters. The molecule has 8 heteroatoms. The summed E-state index contributed by atoms with van der Waals surface area (Å²) in [7, 11) is 0. The first-order chi connectivity index (χ1) is 12.7. The lowest BCUT2D eigenvalue weighted by molar-refractivity contribution is -0.126. The van der Waals surface area contributed by atoms with Gasteiger partial charge in [0.2, 0.25) is 5.91 Å². The second kappa shape index (κ2) is 7.01. The molecule has 0 aliphatic carbocycles. The summed E-state index contributed by atoms with van der Waals surface area (Å²) in [5, 5.41) is 3.30. The van der Waals surface area contributed by atoms with Crippen molar-refractivity contribution in [2.75, 3.05) is 11.9 Å². The normalized spacial score (nSPS) is 13.8. The highest BCUT2D eigenvalue weighted by Crippen LogP contribution is 2.28. The topological polar surface area (TPSA) is 88.6 Å². The number of thiazole rings is 1. The molecule has 1 aliphatic heterocycles. The summed E-state index contributed by atoms with van der Waals surface area (Å²) in [4.78, 5) is 31.6. The summed E-state index contributed by atoms with van der Waals surface area (Å²) in [6.45, 7) is 1.07. The number of carbonyl (C=O) groups excluding carboxylic acids is 2. The number of hydrogen-bond donors (Lipinski definition) is 1. The standard InChI is InChI=1S/C18H15N3O4S/c22-16(4-3-13-2-1-8-25-13)21-7-5-14-15(10-21)26-18(19-14)20-17(23)12-6-9-24-11-12/h1-4,6,8-9,11H,5,7,10H2,(H,19,20,23)/b4-3+. The molecule has 1 aliphatic rings. The lowest BCUT2D eigenvalue weighted by atomic mass is 10.2. The molecule has 7 nitrogen and oxygen atoms in total. The van der Waals surface area contributed by atoms with Crippen molar-refractivity contribution in [3.63, 3.8) is 0 Å². The van der Waals surface area contributed by atoms with Crippen LogP contribution < -0.4 is 5.32 Å². The third kappa shape index (κ3) is 3.45. The van der Waals surface area contributed by atoms with Crippen LogP contribution in [-0.4, -0.2) is 28.2 Å². The smallest absolute Gasteiger partial charge is 0.260 e. The van der Waals surface area contributed by atoms with Gasteiger partial charge in [0.25, 0.3) is 5.91 Å². The highest BCUT2D eigenvalue weighted by Gasteiger charge is 2.23. The first-order valence-electron chi connectivity index (χ1n) is 8.01. The van der Waals surface area contributed by atoms with E-state index in [-0.39, 0.29) is 11.8 Å². The van der Waals surface area contributed by atoms with Gasteiger partial charge >= 0.3 is 0 Å². The third-order valence-corrected chi connectivity index (χ3v) is 4.98. The van der Waals surface area contributed by atoms with Crippen molar-refractivity contribution < 1.29 is 18.4 Å². The van der Waals surface area contributed by atoms with E-state index in [9.17, 15) is 9.59 Å². The van der Waals surface area contributed by atoms with Crippen molar-refractivity contribution in [1.29, 1.82) is 0 Å². The van der Waals surface area contributed by atoms with Crippen molar-refractivity contribution >= 4 is 34.4 Å². The summed E-state index contributed by atoms with van der Waals surface area (Å²) in [5.74, 6) is 0.293. The number of amides is 2. The summed E-state index contributed by atoms with van der Waals surface area (Å²) in [6, 6.07) is 5.15. The molecular formula is C18H15N3O4S. The van der Waals surface area contributed by atoms with E-state index in [1.807, 2.05) is 0 Å². The maximum atomic E-state index is 12.3. The number of hydrogen-bond acceptors (Lipinski definition) is 6. The molecule has 1 N–H and O–H groups in total. The molecule has 4 rings (SSSR count). The fourth-order valence-electron chi connectivity index (χ4n) is 2.64. The molecule has 0 spiro atoms. The lowest BCUT2D eigenvalue weighted by Gasteiger charge is -2.24. The molecule has 0 aromatic carbocycles. The second-order valence-corrected chi connectivity index (χ2v) is 6.80. The van der Waals surface area contributed by atoms with E-state index in [0.29, 0.717) is 36.0 Å². The minimum absolute atomic E-state index is 0.0792. The molecule has 4 heterocycles. The van der Waals surface area contributed by atoms with E-state index in [0.717, 1.165) is 10.6 Å². The number of rotatable bonds is 4. The van der Waals surface area contributed by atoms with E-state index in [4.69, 9.17) is 8.83 Å². The van der Waals surface area contributed by atoms with Crippen LogP contribution in [-0.2, 0) is 17.8 Å². The van der Waals surface area contributed by atoms with E-state index >= 15 is 0 Å². The maximum Gasteiger partial charge on any atom is 0.260 e. The van der Waals surface area contributed by atoms with Crippen molar-refractivity contribution in [2.45, 2.75) is 13.0 Å². The molecule has 0 radical (unpaired) electrons. The van der Waals surface area contributed by atoms with Gasteiger partial charge in [-0.05, 0) is 24.3 Å². The van der Waals surface area contributed by atoms with Gasteiger partial charge in [0.05, 0.1) is 30.3 Å². The quantitative estimate of drug-likeness (QED) is 0.714. The fourth-order valence-corrected chi connectivity index (χ4v) is 3.66. The van der Waals surface area contributed by atoms with Crippen molar-refractivity contribution in [1.82, 2.24) is 9.88 Å². The molecule has 3 aromatic rings. The number of anilines is 1. The van der Waals surface area contributed by atoms with Gasteiger partial charge in [0, 0.05) is 23.9 Å². The Labute approximate surface area is 152 Å². The van der Waals surface area contributed by atoms with Gasteiger partial charge in [0.15, 0.2) is 5.13 Å². The highest BCUT2D eigenvalue weighted by atomic mass is 32.1. The first kappa shape index (κ1) is 16.3. The van der Waals surface area contributed by atoms with Gasteiger partial charge in [-0.3, -0.25) is 14.9 Å². The van der Waals surface area contributed by atoms with E-state index in [1.165, 1.54) is 29.9 Å². The summed E-state index contributed by atoms with van der Waals surface area (Å²) < 4.78 is 10.1. The lowest BCUT2D eigenvalue weighted by Crippen LogP contribution is -2.34. The molecule has 2 amide bonds. The Morgan fingerprint density at radius 2 is 2.23 bits per heavy atom. The maximum absolute atomic E-state index is 12.3. The average Bonchev–Trinajstić information content (AvgIpc) is 3.39. The molecule has 0 saturated heterocycles. The Morgan fingerprint density at radius 3 is 3.00 bits per heavy atom. The van der Waals surface area contributed by atoms with Crippen molar-refractivity contribution in [2.24, 2.45) is 0 Å². The number of furan rings is 2. The molecule has 0 saturated carbocycles. The third-order valence-electron chi connectivity index (χ3n) is 3.98. The van der Waals surface area contributed by atoms with E-state index in [1.54, 1.807) is 35.4 Å². The van der Waals surface area contributed by atoms with Crippen molar-refractivity contribution in [3.8, 4) is 0 Å². The monoisotopic (exact) mass is 369 g/mol. The molecule has 3 aromatic heterocycles. The van der Waals surface area contributed by atoms with Crippen LogP contribution in [0.15, 0.2) is 51.9 Å². The van der Waals surface area contributed by atoms with Crippen LogP contribution in [0.4, 0.5) is 5.13 Å². The highest BCUT2D eigenvalue weighted by molar-refractivity contribution is 7.15. The minimum Gasteiger partial charge on any atom is -0.472 e. The number of aromatic nitrogens is 1. The number of nitrogens with zero attached hydrogens (tertiary/aromatic N) is 2. The van der Waals surface area contributed by atoms with Crippen molar-refractivity contribution in [3.05, 3.63) is 65.0 Å². The SMILES string of the molecule is O=C(Nc1nc2c(s1)CN(C(=O)/C=C/c1ccco1)CC2)c1ccoc1. The molecule has 0 unspecified atom stereocenters. The van der Waals surface area contributed by atoms with Gasteiger partial charge < -0.3 is 13.7 Å². The fraction of sp³-hybridized carbons (Fsp3) is 0.167. The zero-order chi connectivity index (χ0) is 17.9. The predicted molar refractivity (Wildman–Crippen MR) is 95.6 cm³/mol. The van der Waals surface area contributed by atoms with Crippen LogP contribution >= 0.6 is 11.3 Å². The van der Waals surface area contributed by atoms with Crippen LogP contribution in [0.2, 0.25) is 0 Å². The van der Waals surface area contributed by atoms with Crippen LogP contribution in [0.5, 0.6) is 0 Å². The predicted octanol–water partition coefficient (Wildman–Crippen LogP) is 3.18. The Hall–Kier alpha value is -3.13. The zero-order valence-corrected chi connectivity index (χ0v) is 14.5. The zero-order valence-electron chi connectivity index (χ0n) is 13.7. The van der Waals surface area contributed by atoms with Gasteiger partial charge in [-0.2, -0.15) is 0 Å². The Bertz CT molecular complexity index is 941. The molecule has 26 heavy (non-hydrogen) atoms. The van der Waals surface area contributed by atoms with Crippen LogP contribution in [0.25, 0.3) is 6.08 Å². The Balaban J connectivity index is 1.41.